The van der Waals surface area contributed by atoms with E-state index in [2.05, 4.69) is 19.5 Å². The van der Waals surface area contributed by atoms with Gasteiger partial charge in [0, 0.05) is 68.7 Å². The number of rotatable bonds is 8. The van der Waals surface area contributed by atoms with E-state index in [0.29, 0.717) is 18.8 Å². The maximum atomic E-state index is 12.6. The molecule has 168 valence electrons. The Bertz CT molecular complexity index is 1210. The molecule has 1 fully saturated rings. The molecule has 0 atom stereocenters. The van der Waals surface area contributed by atoms with Crippen molar-refractivity contribution in [1.29, 1.82) is 0 Å². The number of pyridine rings is 1. The van der Waals surface area contributed by atoms with Crippen molar-refractivity contribution in [2.75, 3.05) is 43.2 Å². The van der Waals surface area contributed by atoms with Crippen molar-refractivity contribution in [1.82, 2.24) is 14.8 Å². The summed E-state index contributed by atoms with van der Waals surface area (Å²) in [7, 11) is -3.47. The van der Waals surface area contributed by atoms with Crippen LogP contribution in [0.5, 0.6) is 0 Å². The van der Waals surface area contributed by atoms with Crippen molar-refractivity contribution in [2.45, 2.75) is 6.54 Å². The number of hydrogen-bond donors (Lipinski definition) is 1. The number of fused-ring (bicyclic) bond motifs is 1. The number of nitrogens with zero attached hydrogens (tertiary/aromatic N) is 4. The Kier molecular flexibility index (Phi) is 6.63. The van der Waals surface area contributed by atoms with Crippen LogP contribution >= 0.6 is 0 Å². The average molecular weight is 456 g/mol. The van der Waals surface area contributed by atoms with E-state index in [0.717, 1.165) is 42.6 Å². The summed E-state index contributed by atoms with van der Waals surface area (Å²) in [5, 5.41) is 11.8. The van der Waals surface area contributed by atoms with Gasteiger partial charge >= 0.3 is 0 Å². The summed E-state index contributed by atoms with van der Waals surface area (Å²) in [6.45, 7) is 4.18. The zero-order chi connectivity index (χ0) is 22.6. The zero-order valence-electron chi connectivity index (χ0n) is 17.6. The lowest BCUT2D eigenvalue weighted by Crippen LogP contribution is -2.47. The van der Waals surface area contributed by atoms with Crippen molar-refractivity contribution in [2.24, 2.45) is 0 Å². The standard InChI is InChI=1S/C22H25N5O4S/c28-27(29)21-5-1-3-18(15-21)17-26-11-9-25(10-12-26)13-14-32(30,31)24-20-6-7-22-19(16-20)4-2-8-23-22/h1-8,15-16,24H,9-14,17H2. The van der Waals surface area contributed by atoms with Gasteiger partial charge in [0.05, 0.1) is 16.2 Å². The van der Waals surface area contributed by atoms with Crippen molar-refractivity contribution in [3.8, 4) is 0 Å². The van der Waals surface area contributed by atoms with Gasteiger partial charge in [-0.25, -0.2) is 8.42 Å². The minimum absolute atomic E-state index is 0.0168. The quantitative estimate of drug-likeness (QED) is 0.411. The maximum Gasteiger partial charge on any atom is 0.269 e. The lowest BCUT2D eigenvalue weighted by Gasteiger charge is -2.34. The van der Waals surface area contributed by atoms with E-state index in [1.165, 1.54) is 6.07 Å². The van der Waals surface area contributed by atoms with Gasteiger partial charge in [-0.2, -0.15) is 0 Å². The average Bonchev–Trinajstić information content (AvgIpc) is 2.78. The summed E-state index contributed by atoms with van der Waals surface area (Å²) in [6, 6.07) is 15.7. The van der Waals surface area contributed by atoms with E-state index in [4.69, 9.17) is 0 Å². The fraction of sp³-hybridized carbons (Fsp3) is 0.318. The number of aromatic nitrogens is 1. The third-order valence-corrected chi connectivity index (χ3v) is 6.81. The third kappa shape index (κ3) is 5.78. The highest BCUT2D eigenvalue weighted by atomic mass is 32.2. The second kappa shape index (κ2) is 9.60. The Morgan fingerprint density at radius 2 is 1.78 bits per heavy atom. The van der Waals surface area contributed by atoms with Gasteiger partial charge in [0.25, 0.3) is 5.69 Å². The Labute approximate surface area is 186 Å². The summed E-state index contributed by atoms with van der Waals surface area (Å²) in [5.74, 6) is 0.0168. The molecule has 1 aliphatic heterocycles. The molecule has 1 N–H and O–H groups in total. The predicted octanol–water partition coefficient (Wildman–Crippen LogP) is 2.70. The molecule has 2 aromatic carbocycles. The van der Waals surface area contributed by atoms with Gasteiger partial charge in [-0.1, -0.05) is 18.2 Å². The number of nitro benzene ring substituents is 1. The molecule has 0 radical (unpaired) electrons. The first kappa shape index (κ1) is 22.1. The van der Waals surface area contributed by atoms with E-state index in [9.17, 15) is 18.5 Å². The summed E-state index contributed by atoms with van der Waals surface area (Å²) in [4.78, 5) is 19.2. The molecule has 0 saturated carbocycles. The molecule has 4 rings (SSSR count). The van der Waals surface area contributed by atoms with Crippen LogP contribution in [0.3, 0.4) is 0 Å². The lowest BCUT2D eigenvalue weighted by atomic mass is 10.1. The van der Waals surface area contributed by atoms with Crippen LogP contribution in [0.4, 0.5) is 11.4 Å². The highest BCUT2D eigenvalue weighted by Gasteiger charge is 2.20. The number of hydrogen-bond acceptors (Lipinski definition) is 7. The number of piperazine rings is 1. The van der Waals surface area contributed by atoms with E-state index >= 15 is 0 Å². The SMILES string of the molecule is O=[N+]([O-])c1cccc(CN2CCN(CCS(=O)(=O)Nc3ccc4ncccc4c3)CC2)c1. The Hall–Kier alpha value is -3.08. The number of sulfonamides is 1. The molecule has 10 heteroatoms. The highest BCUT2D eigenvalue weighted by Crippen LogP contribution is 2.19. The molecular weight excluding hydrogens is 430 g/mol. The smallest absolute Gasteiger partial charge is 0.269 e. The van der Waals surface area contributed by atoms with Crippen molar-refractivity contribution in [3.05, 3.63) is 76.5 Å². The monoisotopic (exact) mass is 455 g/mol. The van der Waals surface area contributed by atoms with E-state index in [1.807, 2.05) is 18.2 Å². The van der Waals surface area contributed by atoms with E-state index < -0.39 is 10.0 Å². The second-order valence-corrected chi connectivity index (χ2v) is 9.72. The Morgan fingerprint density at radius 1 is 1.00 bits per heavy atom. The van der Waals surface area contributed by atoms with Crippen LogP contribution in [0.1, 0.15) is 5.56 Å². The van der Waals surface area contributed by atoms with Crippen LogP contribution in [0.25, 0.3) is 10.9 Å². The summed E-state index contributed by atoms with van der Waals surface area (Å²) in [5.41, 5.74) is 2.36. The number of nitrogens with one attached hydrogen (secondary N) is 1. The topological polar surface area (TPSA) is 109 Å². The van der Waals surface area contributed by atoms with Crippen molar-refractivity contribution >= 4 is 32.3 Å². The van der Waals surface area contributed by atoms with Gasteiger partial charge in [-0.05, 0) is 29.8 Å². The molecular formula is C22H25N5O4S. The number of nitro groups is 1. The van der Waals surface area contributed by atoms with Gasteiger partial charge in [-0.3, -0.25) is 29.6 Å². The van der Waals surface area contributed by atoms with Crippen molar-refractivity contribution in [3.63, 3.8) is 0 Å². The van der Waals surface area contributed by atoms with Crippen LogP contribution in [0, 0.1) is 10.1 Å². The molecule has 3 aromatic rings. The summed E-state index contributed by atoms with van der Waals surface area (Å²) >= 11 is 0. The van der Waals surface area contributed by atoms with Crippen LogP contribution in [0.15, 0.2) is 60.8 Å². The number of benzene rings is 2. The molecule has 1 saturated heterocycles. The largest absolute Gasteiger partial charge is 0.300 e. The fourth-order valence-electron chi connectivity index (χ4n) is 3.82. The van der Waals surface area contributed by atoms with Gasteiger partial charge in [-0.15, -0.1) is 0 Å². The lowest BCUT2D eigenvalue weighted by molar-refractivity contribution is -0.384. The zero-order valence-corrected chi connectivity index (χ0v) is 18.4. The maximum absolute atomic E-state index is 12.6. The molecule has 32 heavy (non-hydrogen) atoms. The predicted molar refractivity (Wildman–Crippen MR) is 124 cm³/mol. The van der Waals surface area contributed by atoms with E-state index in [-0.39, 0.29) is 16.4 Å². The van der Waals surface area contributed by atoms with Crippen LogP contribution in [0.2, 0.25) is 0 Å². The molecule has 0 spiro atoms. The molecule has 9 nitrogen and oxygen atoms in total. The minimum atomic E-state index is -3.47. The van der Waals surface area contributed by atoms with Crippen LogP contribution in [-0.2, 0) is 16.6 Å². The molecule has 1 aromatic heterocycles. The first-order valence-electron chi connectivity index (χ1n) is 10.4. The molecule has 0 bridgehead atoms. The Balaban J connectivity index is 1.25. The number of non-ortho nitro benzene ring substituents is 1. The highest BCUT2D eigenvalue weighted by molar-refractivity contribution is 7.92. The molecule has 0 amide bonds. The molecule has 0 unspecified atom stereocenters. The second-order valence-electron chi connectivity index (χ2n) is 7.88. The minimum Gasteiger partial charge on any atom is -0.300 e. The van der Waals surface area contributed by atoms with Gasteiger partial charge in [0.15, 0.2) is 0 Å². The molecule has 2 heterocycles. The summed E-state index contributed by atoms with van der Waals surface area (Å²) < 4.78 is 27.8. The first-order valence-corrected chi connectivity index (χ1v) is 12.1. The summed E-state index contributed by atoms with van der Waals surface area (Å²) in [6.07, 6.45) is 1.70. The first-order chi connectivity index (χ1) is 15.4. The third-order valence-electron chi connectivity index (χ3n) is 5.55. The van der Waals surface area contributed by atoms with Gasteiger partial charge in [0.2, 0.25) is 10.0 Å². The number of anilines is 1. The molecule has 1 aliphatic rings. The van der Waals surface area contributed by atoms with Gasteiger partial charge < -0.3 is 0 Å². The Morgan fingerprint density at radius 3 is 2.56 bits per heavy atom. The van der Waals surface area contributed by atoms with Crippen LogP contribution < -0.4 is 4.72 Å². The normalized spacial score (nSPS) is 15.6. The fourth-order valence-corrected chi connectivity index (χ4v) is 4.90. The van der Waals surface area contributed by atoms with Crippen LogP contribution in [-0.4, -0.2) is 66.6 Å². The van der Waals surface area contributed by atoms with Gasteiger partial charge in [0.1, 0.15) is 0 Å². The van der Waals surface area contributed by atoms with E-state index in [1.54, 1.807) is 36.5 Å². The van der Waals surface area contributed by atoms with Crippen molar-refractivity contribution < 1.29 is 13.3 Å². The molecule has 0 aliphatic carbocycles.